The fourth-order valence-corrected chi connectivity index (χ4v) is 1.98. The zero-order valence-electron chi connectivity index (χ0n) is 11.9. The number of aromatic nitrogens is 2. The molecule has 0 atom stereocenters. The number of carbonyl (C=O) groups is 1. The minimum Gasteiger partial charge on any atom is -0.387 e. The van der Waals surface area contributed by atoms with Crippen molar-refractivity contribution in [2.45, 2.75) is 13.5 Å². The zero-order valence-corrected chi connectivity index (χ0v) is 11.9. The quantitative estimate of drug-likeness (QED) is 0.924. The highest BCUT2D eigenvalue weighted by Crippen LogP contribution is 2.17. The van der Waals surface area contributed by atoms with Crippen molar-refractivity contribution in [2.75, 3.05) is 19.4 Å². The molecule has 20 heavy (non-hydrogen) atoms. The van der Waals surface area contributed by atoms with E-state index in [0.717, 1.165) is 16.9 Å². The van der Waals surface area contributed by atoms with Crippen LogP contribution in [0.15, 0.2) is 36.8 Å². The van der Waals surface area contributed by atoms with Crippen LogP contribution in [-0.2, 0) is 6.54 Å². The lowest BCUT2D eigenvalue weighted by molar-refractivity contribution is 0.0785. The van der Waals surface area contributed by atoms with Gasteiger partial charge in [-0.25, -0.2) is 0 Å². The molecule has 0 aliphatic carbocycles. The van der Waals surface area contributed by atoms with Crippen LogP contribution >= 0.6 is 0 Å². The van der Waals surface area contributed by atoms with Gasteiger partial charge in [-0.1, -0.05) is 0 Å². The molecule has 0 radical (unpaired) electrons. The van der Waals surface area contributed by atoms with Gasteiger partial charge in [-0.05, 0) is 30.7 Å². The van der Waals surface area contributed by atoms with E-state index >= 15 is 0 Å². The number of hydrogen-bond acceptors (Lipinski definition) is 4. The van der Waals surface area contributed by atoms with Gasteiger partial charge in [0.1, 0.15) is 0 Å². The summed E-state index contributed by atoms with van der Waals surface area (Å²) in [7, 11) is 3.58. The Morgan fingerprint density at radius 2 is 2.05 bits per heavy atom. The second-order valence-corrected chi connectivity index (χ2v) is 4.64. The Morgan fingerprint density at radius 3 is 2.70 bits per heavy atom. The molecular weight excluding hydrogens is 252 g/mol. The molecule has 2 aromatic rings. The number of nitrogens with one attached hydrogen (secondary N) is 1. The summed E-state index contributed by atoms with van der Waals surface area (Å²) in [4.78, 5) is 22.3. The van der Waals surface area contributed by atoms with Gasteiger partial charge in [-0.2, -0.15) is 0 Å². The van der Waals surface area contributed by atoms with Crippen LogP contribution in [0.4, 0.5) is 5.69 Å². The molecule has 0 bridgehead atoms. The van der Waals surface area contributed by atoms with E-state index in [1.807, 2.05) is 25.1 Å². The average molecular weight is 270 g/mol. The van der Waals surface area contributed by atoms with E-state index in [9.17, 15) is 4.79 Å². The maximum Gasteiger partial charge on any atom is 0.257 e. The van der Waals surface area contributed by atoms with Gasteiger partial charge in [0.2, 0.25) is 0 Å². The van der Waals surface area contributed by atoms with E-state index in [0.29, 0.717) is 12.1 Å². The van der Waals surface area contributed by atoms with Crippen molar-refractivity contribution in [1.29, 1.82) is 0 Å². The summed E-state index contributed by atoms with van der Waals surface area (Å²) in [5.74, 6) is -0.0568. The lowest BCUT2D eigenvalue weighted by Crippen LogP contribution is -2.27. The molecule has 1 amide bonds. The van der Waals surface area contributed by atoms with Crippen molar-refractivity contribution < 1.29 is 4.79 Å². The molecule has 0 spiro atoms. The Balaban J connectivity index is 2.18. The Kier molecular flexibility index (Phi) is 4.30. The van der Waals surface area contributed by atoms with Gasteiger partial charge in [-0.3, -0.25) is 14.8 Å². The number of rotatable bonds is 4. The van der Waals surface area contributed by atoms with Gasteiger partial charge in [0.15, 0.2) is 0 Å². The summed E-state index contributed by atoms with van der Waals surface area (Å²) < 4.78 is 0. The number of pyridine rings is 2. The second kappa shape index (κ2) is 6.14. The van der Waals surface area contributed by atoms with Crippen molar-refractivity contribution in [3.8, 4) is 0 Å². The minimum absolute atomic E-state index is 0.0568. The number of amides is 1. The standard InChI is InChI=1S/C15H18N4O/c1-11-8-14(16-2)13(9-18-11)15(20)19(3)10-12-4-6-17-7-5-12/h4-9H,10H2,1-3H3,(H,16,18). The van der Waals surface area contributed by atoms with Crippen LogP contribution in [0.25, 0.3) is 0 Å². The van der Waals surface area contributed by atoms with Crippen molar-refractivity contribution in [3.63, 3.8) is 0 Å². The van der Waals surface area contributed by atoms with Crippen molar-refractivity contribution in [2.24, 2.45) is 0 Å². The molecule has 104 valence electrons. The summed E-state index contributed by atoms with van der Waals surface area (Å²) in [5, 5.41) is 3.04. The summed E-state index contributed by atoms with van der Waals surface area (Å²) in [6.45, 7) is 2.44. The lowest BCUT2D eigenvalue weighted by atomic mass is 10.1. The Labute approximate surface area is 118 Å². The second-order valence-electron chi connectivity index (χ2n) is 4.64. The SMILES string of the molecule is CNc1cc(C)ncc1C(=O)N(C)Cc1ccncc1. The highest BCUT2D eigenvalue weighted by molar-refractivity contribution is 5.99. The zero-order chi connectivity index (χ0) is 14.5. The topological polar surface area (TPSA) is 58.1 Å². The average Bonchev–Trinajstić information content (AvgIpc) is 2.47. The molecule has 2 heterocycles. The highest BCUT2D eigenvalue weighted by atomic mass is 16.2. The first-order chi connectivity index (χ1) is 9.61. The molecule has 0 unspecified atom stereocenters. The molecule has 0 saturated heterocycles. The number of anilines is 1. The molecule has 2 rings (SSSR count). The third kappa shape index (κ3) is 3.12. The van der Waals surface area contributed by atoms with Crippen molar-refractivity contribution in [1.82, 2.24) is 14.9 Å². The first-order valence-corrected chi connectivity index (χ1v) is 6.40. The fourth-order valence-electron chi connectivity index (χ4n) is 1.98. The minimum atomic E-state index is -0.0568. The van der Waals surface area contributed by atoms with Crippen LogP contribution in [0.5, 0.6) is 0 Å². The third-order valence-electron chi connectivity index (χ3n) is 3.06. The van der Waals surface area contributed by atoms with Crippen LogP contribution in [-0.4, -0.2) is 34.9 Å². The maximum absolute atomic E-state index is 12.5. The molecule has 0 aromatic carbocycles. The van der Waals surface area contributed by atoms with Gasteiger partial charge in [0.25, 0.3) is 5.91 Å². The molecule has 1 N–H and O–H groups in total. The molecule has 0 aliphatic rings. The van der Waals surface area contributed by atoms with Crippen LogP contribution < -0.4 is 5.32 Å². The predicted octanol–water partition coefficient (Wildman–Crippen LogP) is 2.10. The Bertz CT molecular complexity index is 598. The predicted molar refractivity (Wildman–Crippen MR) is 78.6 cm³/mol. The maximum atomic E-state index is 12.5. The molecule has 0 fully saturated rings. The summed E-state index contributed by atoms with van der Waals surface area (Å²) in [5.41, 5.74) is 3.29. The van der Waals surface area contributed by atoms with Crippen LogP contribution in [0, 0.1) is 6.92 Å². The number of carbonyl (C=O) groups excluding carboxylic acids is 1. The first-order valence-electron chi connectivity index (χ1n) is 6.40. The van der Waals surface area contributed by atoms with Gasteiger partial charge in [-0.15, -0.1) is 0 Å². The monoisotopic (exact) mass is 270 g/mol. The van der Waals surface area contributed by atoms with Gasteiger partial charge in [0, 0.05) is 44.9 Å². The van der Waals surface area contributed by atoms with Gasteiger partial charge in [0.05, 0.1) is 11.3 Å². The van der Waals surface area contributed by atoms with Crippen LogP contribution in [0.2, 0.25) is 0 Å². The van der Waals surface area contributed by atoms with Crippen LogP contribution in [0.3, 0.4) is 0 Å². The summed E-state index contributed by atoms with van der Waals surface area (Å²) >= 11 is 0. The summed E-state index contributed by atoms with van der Waals surface area (Å²) in [6.07, 6.45) is 5.06. The van der Waals surface area contributed by atoms with E-state index in [1.165, 1.54) is 0 Å². The molecule has 0 aliphatic heterocycles. The third-order valence-corrected chi connectivity index (χ3v) is 3.06. The number of hydrogen-bond donors (Lipinski definition) is 1. The van der Waals surface area contributed by atoms with Gasteiger partial charge < -0.3 is 10.2 Å². The summed E-state index contributed by atoms with van der Waals surface area (Å²) in [6, 6.07) is 5.67. The van der Waals surface area contributed by atoms with E-state index < -0.39 is 0 Å². The van der Waals surface area contributed by atoms with Crippen LogP contribution in [0.1, 0.15) is 21.6 Å². The smallest absolute Gasteiger partial charge is 0.257 e. The fraction of sp³-hybridized carbons (Fsp3) is 0.267. The van der Waals surface area contributed by atoms with Crippen molar-refractivity contribution in [3.05, 3.63) is 53.6 Å². The van der Waals surface area contributed by atoms with E-state index in [1.54, 1.807) is 37.6 Å². The highest BCUT2D eigenvalue weighted by Gasteiger charge is 2.16. The molecule has 0 saturated carbocycles. The largest absolute Gasteiger partial charge is 0.387 e. The molecule has 2 aromatic heterocycles. The first kappa shape index (κ1) is 14.0. The van der Waals surface area contributed by atoms with Gasteiger partial charge >= 0.3 is 0 Å². The number of nitrogens with zero attached hydrogens (tertiary/aromatic N) is 3. The number of aryl methyl sites for hydroxylation is 1. The Hall–Kier alpha value is -2.43. The van der Waals surface area contributed by atoms with E-state index in [2.05, 4.69) is 15.3 Å². The van der Waals surface area contributed by atoms with E-state index in [-0.39, 0.29) is 5.91 Å². The molecule has 5 nitrogen and oxygen atoms in total. The van der Waals surface area contributed by atoms with E-state index in [4.69, 9.17) is 0 Å². The normalized spacial score (nSPS) is 10.2. The Morgan fingerprint density at radius 1 is 1.35 bits per heavy atom. The lowest BCUT2D eigenvalue weighted by Gasteiger charge is -2.19. The van der Waals surface area contributed by atoms with Crippen molar-refractivity contribution >= 4 is 11.6 Å². The molecule has 5 heteroatoms. The molecular formula is C15H18N4O.